The molecule has 0 radical (unpaired) electrons. The second-order valence-corrected chi connectivity index (χ2v) is 5.11. The van der Waals surface area contributed by atoms with Crippen LogP contribution in [-0.4, -0.2) is 53.0 Å². The number of hydrogen-bond donors (Lipinski definition) is 0. The number of likely N-dealkylation sites (N-methyl/N-ethyl adjacent to an activating group) is 2. The molecular weight excluding hydrogens is 270 g/mol. The van der Waals surface area contributed by atoms with Gasteiger partial charge in [0.25, 0.3) is 0 Å². The van der Waals surface area contributed by atoms with Gasteiger partial charge in [0, 0.05) is 19.6 Å². The van der Waals surface area contributed by atoms with Gasteiger partial charge in [-0.25, -0.2) is 4.98 Å². The van der Waals surface area contributed by atoms with Crippen molar-refractivity contribution < 1.29 is 4.92 Å². The van der Waals surface area contributed by atoms with Crippen molar-refractivity contribution in [1.82, 2.24) is 14.9 Å². The highest BCUT2D eigenvalue weighted by atomic mass is 35.5. The molecule has 0 amide bonds. The van der Waals surface area contributed by atoms with Crippen LogP contribution in [0.5, 0.6) is 0 Å². The molecule has 8 heteroatoms. The molecule has 0 bridgehead atoms. The quantitative estimate of drug-likeness (QED) is 0.477. The summed E-state index contributed by atoms with van der Waals surface area (Å²) in [6.07, 6.45) is 3.21. The fraction of sp³-hybridized carbons (Fsp3) is 0.636. The highest BCUT2D eigenvalue weighted by Crippen LogP contribution is 2.28. The van der Waals surface area contributed by atoms with Gasteiger partial charge < -0.3 is 9.80 Å². The molecule has 1 fully saturated rings. The summed E-state index contributed by atoms with van der Waals surface area (Å²) in [4.78, 5) is 22.3. The Morgan fingerprint density at radius 2 is 2.37 bits per heavy atom. The topological polar surface area (TPSA) is 75.4 Å². The van der Waals surface area contributed by atoms with Crippen molar-refractivity contribution in [2.24, 2.45) is 0 Å². The summed E-state index contributed by atoms with van der Waals surface area (Å²) in [7, 11) is 3.86. The number of rotatable bonds is 3. The van der Waals surface area contributed by atoms with E-state index in [4.69, 9.17) is 11.6 Å². The van der Waals surface area contributed by atoms with Crippen LogP contribution >= 0.6 is 11.6 Å². The normalized spacial score (nSPS) is 20.3. The van der Waals surface area contributed by atoms with Crippen LogP contribution in [-0.2, 0) is 0 Å². The lowest BCUT2D eigenvalue weighted by Gasteiger charge is -2.36. The van der Waals surface area contributed by atoms with Gasteiger partial charge >= 0.3 is 5.69 Å². The molecule has 1 atom stereocenters. The van der Waals surface area contributed by atoms with Crippen molar-refractivity contribution in [2.75, 3.05) is 32.1 Å². The third kappa shape index (κ3) is 3.10. The van der Waals surface area contributed by atoms with E-state index in [1.807, 2.05) is 19.0 Å². The van der Waals surface area contributed by atoms with E-state index >= 15 is 0 Å². The molecule has 1 aliphatic heterocycles. The average Bonchev–Trinajstić information content (AvgIpc) is 2.37. The molecule has 104 valence electrons. The second kappa shape index (κ2) is 5.66. The number of nitro groups is 1. The van der Waals surface area contributed by atoms with Crippen LogP contribution in [0.15, 0.2) is 6.20 Å². The zero-order valence-electron chi connectivity index (χ0n) is 10.9. The van der Waals surface area contributed by atoms with Crippen molar-refractivity contribution in [3.63, 3.8) is 0 Å². The summed E-state index contributed by atoms with van der Waals surface area (Å²) in [5.74, 6) is 0.283. The SMILES string of the molecule is CN1CCCC(N(C)c2nc(Cl)ncc2[N+](=O)[O-])C1. The summed E-state index contributed by atoms with van der Waals surface area (Å²) in [6, 6.07) is 0.198. The van der Waals surface area contributed by atoms with E-state index in [-0.39, 0.29) is 22.8 Å². The van der Waals surface area contributed by atoms with Crippen molar-refractivity contribution >= 4 is 23.1 Å². The lowest BCUT2D eigenvalue weighted by molar-refractivity contribution is -0.384. The van der Waals surface area contributed by atoms with E-state index in [0.717, 1.165) is 32.1 Å². The Morgan fingerprint density at radius 3 is 3.00 bits per heavy atom. The van der Waals surface area contributed by atoms with Crippen LogP contribution in [0.4, 0.5) is 11.5 Å². The van der Waals surface area contributed by atoms with Crippen LogP contribution in [0.25, 0.3) is 0 Å². The van der Waals surface area contributed by atoms with Crippen LogP contribution in [0, 0.1) is 10.1 Å². The molecule has 1 unspecified atom stereocenters. The first kappa shape index (κ1) is 14.0. The molecule has 19 heavy (non-hydrogen) atoms. The maximum Gasteiger partial charge on any atom is 0.329 e. The molecule has 0 aliphatic carbocycles. The summed E-state index contributed by atoms with van der Waals surface area (Å²) >= 11 is 5.75. The molecule has 0 spiro atoms. The van der Waals surface area contributed by atoms with Gasteiger partial charge in [0.05, 0.1) is 4.92 Å². The Balaban J connectivity index is 2.29. The van der Waals surface area contributed by atoms with E-state index in [0.29, 0.717) is 0 Å². The van der Waals surface area contributed by atoms with Crippen LogP contribution in [0.2, 0.25) is 5.28 Å². The molecule has 1 saturated heterocycles. The number of halogens is 1. The van der Waals surface area contributed by atoms with Crippen LogP contribution < -0.4 is 4.90 Å². The highest BCUT2D eigenvalue weighted by molar-refractivity contribution is 6.28. The maximum absolute atomic E-state index is 11.0. The third-order valence-corrected chi connectivity index (χ3v) is 3.58. The predicted molar refractivity (Wildman–Crippen MR) is 72.6 cm³/mol. The van der Waals surface area contributed by atoms with Gasteiger partial charge in [0.1, 0.15) is 6.20 Å². The Morgan fingerprint density at radius 1 is 1.63 bits per heavy atom. The largest absolute Gasteiger partial charge is 0.350 e. The minimum absolute atomic E-state index is 0.0246. The van der Waals surface area contributed by atoms with Gasteiger partial charge in [-0.1, -0.05) is 0 Å². The third-order valence-electron chi connectivity index (χ3n) is 3.40. The first-order chi connectivity index (χ1) is 8.99. The minimum Gasteiger partial charge on any atom is -0.350 e. The number of hydrogen-bond acceptors (Lipinski definition) is 6. The minimum atomic E-state index is -0.477. The van der Waals surface area contributed by atoms with Gasteiger partial charge in [0.2, 0.25) is 11.1 Å². The maximum atomic E-state index is 11.0. The highest BCUT2D eigenvalue weighted by Gasteiger charge is 2.27. The first-order valence-electron chi connectivity index (χ1n) is 6.07. The molecule has 7 nitrogen and oxygen atoms in total. The van der Waals surface area contributed by atoms with Crippen LogP contribution in [0.1, 0.15) is 12.8 Å². The van der Waals surface area contributed by atoms with Gasteiger partial charge in [0.15, 0.2) is 0 Å². The van der Waals surface area contributed by atoms with Crippen molar-refractivity contribution in [3.8, 4) is 0 Å². The summed E-state index contributed by atoms with van der Waals surface area (Å²) in [5.41, 5.74) is -0.111. The van der Waals surface area contributed by atoms with Gasteiger partial charge in [-0.05, 0) is 38.0 Å². The van der Waals surface area contributed by atoms with Gasteiger partial charge in [-0.2, -0.15) is 4.98 Å². The molecule has 2 heterocycles. The molecule has 2 rings (SSSR count). The fourth-order valence-electron chi connectivity index (χ4n) is 2.36. The van der Waals surface area contributed by atoms with Crippen molar-refractivity contribution in [3.05, 3.63) is 21.6 Å². The number of nitrogens with zero attached hydrogens (tertiary/aromatic N) is 5. The Hall–Kier alpha value is -1.47. The summed E-state index contributed by atoms with van der Waals surface area (Å²) < 4.78 is 0. The van der Waals surface area contributed by atoms with E-state index in [1.165, 1.54) is 0 Å². The number of aromatic nitrogens is 2. The molecule has 0 N–H and O–H groups in total. The standard InChI is InChI=1S/C11H16ClN5O2/c1-15-5-3-4-8(7-15)16(2)10-9(17(18)19)6-13-11(12)14-10/h6,8H,3-5,7H2,1-2H3. The van der Waals surface area contributed by atoms with E-state index in [2.05, 4.69) is 14.9 Å². The molecule has 0 saturated carbocycles. The van der Waals surface area contributed by atoms with Crippen LogP contribution in [0.3, 0.4) is 0 Å². The zero-order valence-corrected chi connectivity index (χ0v) is 11.7. The van der Waals surface area contributed by atoms with E-state index < -0.39 is 4.92 Å². The monoisotopic (exact) mass is 285 g/mol. The zero-order chi connectivity index (χ0) is 14.0. The Labute approximate surface area is 116 Å². The van der Waals surface area contributed by atoms with E-state index in [9.17, 15) is 10.1 Å². The Bertz CT molecular complexity index is 484. The number of anilines is 1. The lowest BCUT2D eigenvalue weighted by atomic mass is 10.1. The number of piperidine rings is 1. The molecular formula is C11H16ClN5O2. The predicted octanol–water partition coefficient (Wildman–Crippen LogP) is 1.57. The summed E-state index contributed by atoms with van der Waals surface area (Å²) in [6.45, 7) is 1.91. The lowest BCUT2D eigenvalue weighted by Crippen LogP contribution is -2.45. The first-order valence-corrected chi connectivity index (χ1v) is 6.45. The Kier molecular flexibility index (Phi) is 4.16. The molecule has 0 aromatic carbocycles. The second-order valence-electron chi connectivity index (χ2n) is 4.77. The fourth-order valence-corrected chi connectivity index (χ4v) is 2.49. The number of likely N-dealkylation sites (tertiary alicyclic amines) is 1. The van der Waals surface area contributed by atoms with Crippen molar-refractivity contribution in [1.29, 1.82) is 0 Å². The van der Waals surface area contributed by atoms with Crippen molar-refractivity contribution in [2.45, 2.75) is 18.9 Å². The average molecular weight is 286 g/mol. The molecule has 1 aliphatic rings. The van der Waals surface area contributed by atoms with E-state index in [1.54, 1.807) is 0 Å². The van der Waals surface area contributed by atoms with Gasteiger partial charge in [-0.15, -0.1) is 0 Å². The molecule has 1 aromatic heterocycles. The molecule has 1 aromatic rings. The smallest absolute Gasteiger partial charge is 0.329 e. The summed E-state index contributed by atoms with van der Waals surface area (Å²) in [5, 5.41) is 11.1. The van der Waals surface area contributed by atoms with Gasteiger partial charge in [-0.3, -0.25) is 10.1 Å².